The van der Waals surface area contributed by atoms with Crippen LogP contribution in [0.1, 0.15) is 23.5 Å². The molecule has 2 aliphatic rings. The van der Waals surface area contributed by atoms with E-state index in [1.807, 2.05) is 12.3 Å². The molecule has 0 saturated carbocycles. The maximum atomic E-state index is 12.3. The molecule has 24 heavy (non-hydrogen) atoms. The summed E-state index contributed by atoms with van der Waals surface area (Å²) in [5.74, 6) is -0.339. The van der Waals surface area contributed by atoms with E-state index in [2.05, 4.69) is 29.9 Å². The Hall–Kier alpha value is -2.74. The van der Waals surface area contributed by atoms with Gasteiger partial charge < -0.3 is 14.6 Å². The van der Waals surface area contributed by atoms with Crippen LogP contribution >= 0.6 is 0 Å². The summed E-state index contributed by atoms with van der Waals surface area (Å²) in [6.45, 7) is 4.23. The molecule has 1 aromatic carbocycles. The molecule has 122 valence electrons. The second-order valence-electron chi connectivity index (χ2n) is 6.57. The summed E-state index contributed by atoms with van der Waals surface area (Å²) in [5, 5.41) is 10.9. The molecular formula is C19H19N3O2. The lowest BCUT2D eigenvalue weighted by Gasteiger charge is -2.43. The number of benzene rings is 1. The van der Waals surface area contributed by atoms with Crippen molar-refractivity contribution in [2.45, 2.75) is 24.8 Å². The van der Waals surface area contributed by atoms with Gasteiger partial charge in [0.1, 0.15) is 6.61 Å². The molecule has 1 N–H and O–H groups in total. The number of fused-ring (bicyclic) bond motifs is 2. The number of hydrogen-bond donors (Lipinski definition) is 1. The minimum atomic E-state index is -0.276. The van der Waals surface area contributed by atoms with Crippen LogP contribution in [-0.4, -0.2) is 35.0 Å². The molecule has 1 aliphatic carbocycles. The molecular weight excluding hydrogens is 302 g/mol. The van der Waals surface area contributed by atoms with Crippen molar-refractivity contribution in [2.24, 2.45) is 5.92 Å². The Morgan fingerprint density at radius 1 is 1.54 bits per heavy atom. The van der Waals surface area contributed by atoms with Gasteiger partial charge in [0.25, 0.3) is 0 Å². The van der Waals surface area contributed by atoms with Gasteiger partial charge in [0.2, 0.25) is 0 Å². The fourth-order valence-corrected chi connectivity index (χ4v) is 4.24. The summed E-state index contributed by atoms with van der Waals surface area (Å²) >= 11 is 0. The van der Waals surface area contributed by atoms with Crippen LogP contribution in [0, 0.1) is 17.4 Å². The Labute approximate surface area is 140 Å². The molecule has 1 fully saturated rings. The number of rotatable bonds is 3. The lowest BCUT2D eigenvalue weighted by molar-refractivity contribution is -0.149. The van der Waals surface area contributed by atoms with Crippen molar-refractivity contribution >= 4 is 16.9 Å². The summed E-state index contributed by atoms with van der Waals surface area (Å²) in [7, 11) is 0. The fraction of sp³-hybridized carbons (Fsp3) is 0.368. The third-order valence-electron chi connectivity index (χ3n) is 5.27. The van der Waals surface area contributed by atoms with E-state index in [1.54, 1.807) is 11.0 Å². The zero-order chi connectivity index (χ0) is 16.7. The highest BCUT2D eigenvalue weighted by Gasteiger charge is 2.43. The van der Waals surface area contributed by atoms with Crippen molar-refractivity contribution in [3.63, 3.8) is 0 Å². The Morgan fingerprint density at radius 2 is 2.42 bits per heavy atom. The topological polar surface area (TPSA) is 69.1 Å². The molecule has 3 atom stereocenters. The molecule has 2 aromatic rings. The van der Waals surface area contributed by atoms with E-state index in [1.165, 1.54) is 16.5 Å². The number of nitrogens with zero attached hydrogens (tertiary/aromatic N) is 2. The largest absolute Gasteiger partial charge is 0.461 e. The van der Waals surface area contributed by atoms with Gasteiger partial charge in [-0.25, -0.2) is 0 Å². The maximum absolute atomic E-state index is 12.3. The average molecular weight is 321 g/mol. The van der Waals surface area contributed by atoms with Crippen molar-refractivity contribution in [1.82, 2.24) is 9.88 Å². The number of carbonyl (C=O) groups is 1. The molecule has 1 saturated heterocycles. The summed E-state index contributed by atoms with van der Waals surface area (Å²) in [6, 6.07) is 6.36. The van der Waals surface area contributed by atoms with E-state index in [0.29, 0.717) is 6.54 Å². The molecule has 1 unspecified atom stereocenters. The molecule has 0 amide bonds. The Morgan fingerprint density at radius 3 is 3.21 bits per heavy atom. The van der Waals surface area contributed by atoms with Crippen molar-refractivity contribution in [3.05, 3.63) is 48.2 Å². The lowest BCUT2D eigenvalue weighted by atomic mass is 9.72. The van der Waals surface area contributed by atoms with Crippen molar-refractivity contribution in [3.8, 4) is 6.19 Å². The van der Waals surface area contributed by atoms with Crippen LogP contribution in [0.3, 0.4) is 0 Å². The van der Waals surface area contributed by atoms with Crippen LogP contribution in [0.25, 0.3) is 10.9 Å². The first-order valence-electron chi connectivity index (χ1n) is 8.25. The molecule has 0 radical (unpaired) electrons. The number of carbonyl (C=O) groups excluding carboxylic acids is 1. The van der Waals surface area contributed by atoms with Gasteiger partial charge in [-0.2, -0.15) is 5.26 Å². The Bertz CT molecular complexity index is 848. The second kappa shape index (κ2) is 5.72. The highest BCUT2D eigenvalue weighted by Crippen LogP contribution is 2.44. The fourth-order valence-electron chi connectivity index (χ4n) is 4.24. The van der Waals surface area contributed by atoms with Gasteiger partial charge in [-0.15, -0.1) is 0 Å². The maximum Gasteiger partial charge on any atom is 0.311 e. The van der Waals surface area contributed by atoms with Crippen LogP contribution in [0.5, 0.6) is 0 Å². The van der Waals surface area contributed by atoms with Crippen LogP contribution in [-0.2, 0) is 16.0 Å². The van der Waals surface area contributed by atoms with E-state index in [9.17, 15) is 10.1 Å². The van der Waals surface area contributed by atoms with E-state index in [-0.39, 0.29) is 30.5 Å². The van der Waals surface area contributed by atoms with Gasteiger partial charge >= 0.3 is 5.97 Å². The number of esters is 1. The van der Waals surface area contributed by atoms with Crippen LogP contribution < -0.4 is 0 Å². The molecule has 5 nitrogen and oxygen atoms in total. The number of hydrogen-bond acceptors (Lipinski definition) is 4. The summed E-state index contributed by atoms with van der Waals surface area (Å²) < 4.78 is 5.23. The standard InChI is InChI=1S/C19H19N3O2/c1-2-6-24-19(23)13-7-15-14-4-3-5-16-18(14)12(9-21-16)8-17(15)22(10-13)11-20/h2-5,9,13,15,17,21H,1,6-8,10H2/t13-,15?,17-/m1/s1. The van der Waals surface area contributed by atoms with E-state index in [0.717, 1.165) is 18.4 Å². The third kappa shape index (κ3) is 2.18. The van der Waals surface area contributed by atoms with Crippen molar-refractivity contribution in [2.75, 3.05) is 13.2 Å². The number of ether oxygens (including phenoxy) is 1. The van der Waals surface area contributed by atoms with E-state index >= 15 is 0 Å². The minimum absolute atomic E-state index is 0.118. The number of aromatic amines is 1. The second-order valence-corrected chi connectivity index (χ2v) is 6.57. The number of nitrogens with one attached hydrogen (secondary N) is 1. The predicted molar refractivity (Wildman–Crippen MR) is 90.1 cm³/mol. The first-order chi connectivity index (χ1) is 11.7. The summed E-state index contributed by atoms with van der Waals surface area (Å²) in [6.07, 6.45) is 7.47. The smallest absolute Gasteiger partial charge is 0.311 e. The normalized spacial score (nSPS) is 25.0. The number of H-pyrrole nitrogens is 1. The molecule has 0 bridgehead atoms. The average Bonchev–Trinajstić information content (AvgIpc) is 3.03. The molecule has 5 heteroatoms. The predicted octanol–water partition coefficient (Wildman–Crippen LogP) is 2.71. The van der Waals surface area contributed by atoms with Crippen LogP contribution in [0.15, 0.2) is 37.1 Å². The minimum Gasteiger partial charge on any atom is -0.461 e. The summed E-state index contributed by atoms with van der Waals surface area (Å²) in [5.41, 5.74) is 3.62. The lowest BCUT2D eigenvalue weighted by Crippen LogP contribution is -2.49. The number of piperidine rings is 1. The SMILES string of the molecule is C=CCOC(=O)[C@@H]1CC2c3cccc4[nH]cc(c34)C[C@H]2N(C#N)C1. The molecule has 1 aliphatic heterocycles. The Kier molecular flexibility index (Phi) is 3.53. The summed E-state index contributed by atoms with van der Waals surface area (Å²) in [4.78, 5) is 17.4. The first kappa shape index (κ1) is 14.8. The van der Waals surface area contributed by atoms with Gasteiger partial charge in [0.15, 0.2) is 6.19 Å². The van der Waals surface area contributed by atoms with Gasteiger partial charge in [0, 0.05) is 29.6 Å². The quantitative estimate of drug-likeness (QED) is 0.536. The van der Waals surface area contributed by atoms with Gasteiger partial charge in [-0.1, -0.05) is 24.8 Å². The van der Waals surface area contributed by atoms with Crippen molar-refractivity contribution < 1.29 is 9.53 Å². The van der Waals surface area contributed by atoms with E-state index < -0.39 is 0 Å². The molecule has 4 rings (SSSR count). The molecule has 1 aromatic heterocycles. The monoisotopic (exact) mass is 321 g/mol. The zero-order valence-electron chi connectivity index (χ0n) is 13.4. The van der Waals surface area contributed by atoms with Gasteiger partial charge in [0.05, 0.1) is 12.0 Å². The molecule has 2 heterocycles. The highest BCUT2D eigenvalue weighted by atomic mass is 16.5. The number of aromatic nitrogens is 1. The van der Waals surface area contributed by atoms with Crippen molar-refractivity contribution in [1.29, 1.82) is 5.26 Å². The zero-order valence-corrected chi connectivity index (χ0v) is 13.4. The Balaban J connectivity index is 1.71. The molecule has 0 spiro atoms. The number of likely N-dealkylation sites (tertiary alicyclic amines) is 1. The van der Waals surface area contributed by atoms with Gasteiger partial charge in [-0.3, -0.25) is 4.79 Å². The van der Waals surface area contributed by atoms with Crippen LogP contribution in [0.4, 0.5) is 0 Å². The van der Waals surface area contributed by atoms with Crippen LogP contribution in [0.2, 0.25) is 0 Å². The van der Waals surface area contributed by atoms with E-state index in [4.69, 9.17) is 4.74 Å². The van der Waals surface area contributed by atoms with Gasteiger partial charge in [-0.05, 0) is 30.0 Å². The third-order valence-corrected chi connectivity index (χ3v) is 5.27. The highest BCUT2D eigenvalue weighted by molar-refractivity contribution is 5.88. The number of nitriles is 1. The first-order valence-corrected chi connectivity index (χ1v) is 8.25.